The number of carboxylic acid groups (broad SMARTS) is 1. The van der Waals surface area contributed by atoms with Crippen LogP contribution in [0.3, 0.4) is 0 Å². The predicted octanol–water partition coefficient (Wildman–Crippen LogP) is 4.24. The molecule has 0 saturated carbocycles. The van der Waals surface area contributed by atoms with Crippen LogP contribution in [0.15, 0.2) is 48.5 Å². The number of hydrogen-bond donors (Lipinski definition) is 2. The number of hydrogen-bond acceptors (Lipinski definition) is 2. The molecule has 1 aromatic heterocycles. The first kappa shape index (κ1) is 16.8. The van der Waals surface area contributed by atoms with Gasteiger partial charge in [0.25, 0.3) is 0 Å². The van der Waals surface area contributed by atoms with Gasteiger partial charge in [0.05, 0.1) is 17.6 Å². The Morgan fingerprint density at radius 2 is 1.76 bits per heavy atom. The van der Waals surface area contributed by atoms with Crippen LogP contribution in [0.2, 0.25) is 0 Å². The van der Waals surface area contributed by atoms with Gasteiger partial charge in [-0.1, -0.05) is 18.2 Å². The van der Waals surface area contributed by atoms with Crippen LogP contribution in [0.4, 0.5) is 17.6 Å². The minimum atomic E-state index is -4.54. The fourth-order valence-corrected chi connectivity index (χ4v) is 2.48. The van der Waals surface area contributed by atoms with Crippen molar-refractivity contribution in [3.8, 4) is 0 Å². The number of fused-ring (bicyclic) bond motifs is 1. The first-order valence-electron chi connectivity index (χ1n) is 7.20. The largest absolute Gasteiger partial charge is 0.477 e. The van der Waals surface area contributed by atoms with Crippen molar-refractivity contribution >= 4 is 16.9 Å². The highest BCUT2D eigenvalue weighted by Gasteiger charge is 2.31. The highest BCUT2D eigenvalue weighted by atomic mass is 19.4. The Morgan fingerprint density at radius 3 is 2.36 bits per heavy atom. The first-order chi connectivity index (χ1) is 11.8. The number of carboxylic acids is 1. The van der Waals surface area contributed by atoms with Crippen LogP contribution in [0, 0.1) is 5.82 Å². The van der Waals surface area contributed by atoms with Crippen LogP contribution < -0.4 is 5.43 Å². The molecule has 0 unspecified atom stereocenters. The highest BCUT2D eigenvalue weighted by Crippen LogP contribution is 2.32. The average Bonchev–Trinajstić information content (AvgIpc) is 2.91. The van der Waals surface area contributed by atoms with Crippen LogP contribution in [0.5, 0.6) is 0 Å². The minimum Gasteiger partial charge on any atom is -0.477 e. The van der Waals surface area contributed by atoms with Crippen molar-refractivity contribution in [1.82, 2.24) is 4.68 Å². The maximum absolute atomic E-state index is 12.9. The number of aromatic carboxylic acids is 1. The quantitative estimate of drug-likeness (QED) is 0.691. The third-order valence-corrected chi connectivity index (χ3v) is 3.71. The van der Waals surface area contributed by atoms with Gasteiger partial charge in [-0.05, 0) is 35.9 Å². The molecule has 3 aromatic rings. The summed E-state index contributed by atoms with van der Waals surface area (Å²) in [5, 5.41) is 9.66. The van der Waals surface area contributed by atoms with Crippen LogP contribution >= 0.6 is 0 Å². The number of nitrogens with one attached hydrogen (secondary N) is 1. The molecule has 0 spiro atoms. The smallest absolute Gasteiger partial charge is 0.416 e. The molecule has 0 saturated heterocycles. The first-order valence-corrected chi connectivity index (χ1v) is 7.20. The molecule has 8 heteroatoms. The van der Waals surface area contributed by atoms with Crippen molar-refractivity contribution in [2.45, 2.75) is 12.7 Å². The van der Waals surface area contributed by atoms with Crippen molar-refractivity contribution in [3.63, 3.8) is 0 Å². The number of alkyl halides is 3. The molecule has 2 aromatic carbocycles. The second-order valence-electron chi connectivity index (χ2n) is 5.40. The van der Waals surface area contributed by atoms with Crippen LogP contribution in [0.1, 0.15) is 21.6 Å². The Balaban J connectivity index is 2.02. The van der Waals surface area contributed by atoms with Gasteiger partial charge in [-0.3, -0.25) is 4.68 Å². The average molecular weight is 352 g/mol. The van der Waals surface area contributed by atoms with E-state index in [0.29, 0.717) is 10.9 Å². The summed E-state index contributed by atoms with van der Waals surface area (Å²) in [6.45, 7) is 0.112. The molecule has 0 aliphatic heterocycles. The molecular weight excluding hydrogens is 340 g/mol. The van der Waals surface area contributed by atoms with Gasteiger partial charge in [-0.25, -0.2) is 9.18 Å². The minimum absolute atomic E-state index is 0.0920. The van der Waals surface area contributed by atoms with E-state index in [1.807, 2.05) is 0 Å². The van der Waals surface area contributed by atoms with E-state index in [1.165, 1.54) is 36.4 Å². The highest BCUT2D eigenvalue weighted by molar-refractivity contribution is 5.95. The zero-order valence-electron chi connectivity index (χ0n) is 12.6. The molecule has 0 fully saturated rings. The number of rotatable bonds is 4. The standard InChI is InChI=1S/C17H12F4N2O2/c18-13-5-1-10(2-6-13)9-22-23-14-8-12(17(19,20)21)4-3-11(14)7-15(23)16(24)25/h1-8,22H,9H2,(H,24,25). The molecule has 0 radical (unpaired) electrons. The molecular formula is C17H12F4N2O2. The Bertz CT molecular complexity index is 930. The predicted molar refractivity (Wildman–Crippen MR) is 83.4 cm³/mol. The van der Waals surface area contributed by atoms with Crippen LogP contribution in [0.25, 0.3) is 10.9 Å². The fraction of sp³-hybridized carbons (Fsp3) is 0.118. The maximum atomic E-state index is 12.9. The molecule has 0 aliphatic carbocycles. The van der Waals surface area contributed by atoms with Gasteiger partial charge in [0, 0.05) is 5.39 Å². The molecule has 1 heterocycles. The lowest BCUT2D eigenvalue weighted by atomic mass is 10.1. The molecule has 3 rings (SSSR count). The molecule has 0 amide bonds. The monoisotopic (exact) mass is 352 g/mol. The number of benzene rings is 2. The van der Waals surface area contributed by atoms with E-state index in [-0.39, 0.29) is 17.8 Å². The summed E-state index contributed by atoms with van der Waals surface area (Å²) in [6, 6.07) is 9.77. The number of nitrogens with zero attached hydrogens (tertiary/aromatic N) is 1. The van der Waals surface area contributed by atoms with E-state index in [2.05, 4.69) is 5.43 Å². The lowest BCUT2D eigenvalue weighted by molar-refractivity contribution is -0.137. The zero-order chi connectivity index (χ0) is 18.2. The lowest BCUT2D eigenvalue weighted by Crippen LogP contribution is -2.19. The topological polar surface area (TPSA) is 54.3 Å². The Morgan fingerprint density at radius 1 is 1.08 bits per heavy atom. The Labute approximate surface area is 139 Å². The van der Waals surface area contributed by atoms with Gasteiger partial charge in [-0.15, -0.1) is 0 Å². The molecule has 0 bridgehead atoms. The zero-order valence-corrected chi connectivity index (χ0v) is 12.6. The van der Waals surface area contributed by atoms with E-state index in [9.17, 15) is 27.5 Å². The van der Waals surface area contributed by atoms with E-state index in [4.69, 9.17) is 0 Å². The third kappa shape index (κ3) is 3.42. The normalized spacial score (nSPS) is 11.7. The van der Waals surface area contributed by atoms with Crippen molar-refractivity contribution in [2.24, 2.45) is 0 Å². The summed E-state index contributed by atoms with van der Waals surface area (Å²) in [6.07, 6.45) is -4.54. The summed E-state index contributed by atoms with van der Waals surface area (Å²) in [7, 11) is 0. The van der Waals surface area contributed by atoms with E-state index >= 15 is 0 Å². The van der Waals surface area contributed by atoms with Crippen molar-refractivity contribution in [2.75, 3.05) is 5.43 Å². The maximum Gasteiger partial charge on any atom is 0.416 e. The van der Waals surface area contributed by atoms with Gasteiger partial charge in [0.15, 0.2) is 0 Å². The molecule has 25 heavy (non-hydrogen) atoms. The third-order valence-electron chi connectivity index (χ3n) is 3.71. The van der Waals surface area contributed by atoms with Gasteiger partial charge in [-0.2, -0.15) is 13.2 Å². The van der Waals surface area contributed by atoms with Gasteiger partial charge >= 0.3 is 12.1 Å². The van der Waals surface area contributed by atoms with Crippen molar-refractivity contribution in [1.29, 1.82) is 0 Å². The van der Waals surface area contributed by atoms with Crippen LogP contribution in [-0.2, 0) is 12.7 Å². The summed E-state index contributed by atoms with van der Waals surface area (Å²) in [5.41, 5.74) is 2.44. The Hall–Kier alpha value is -3.03. The summed E-state index contributed by atoms with van der Waals surface area (Å²) >= 11 is 0. The van der Waals surface area contributed by atoms with Crippen LogP contribution in [-0.4, -0.2) is 15.8 Å². The fourth-order valence-electron chi connectivity index (χ4n) is 2.48. The summed E-state index contributed by atoms with van der Waals surface area (Å²) in [4.78, 5) is 11.4. The van der Waals surface area contributed by atoms with Crippen molar-refractivity contribution < 1.29 is 27.5 Å². The van der Waals surface area contributed by atoms with Gasteiger partial charge in [0.1, 0.15) is 11.5 Å². The van der Waals surface area contributed by atoms with Gasteiger partial charge < -0.3 is 10.5 Å². The molecule has 0 atom stereocenters. The molecule has 130 valence electrons. The summed E-state index contributed by atoms with van der Waals surface area (Å²) in [5.74, 6) is -1.70. The molecule has 4 nitrogen and oxygen atoms in total. The lowest BCUT2D eigenvalue weighted by Gasteiger charge is -2.13. The molecule has 2 N–H and O–H groups in total. The van der Waals surface area contributed by atoms with E-state index in [1.54, 1.807) is 0 Å². The molecule has 0 aliphatic rings. The Kier molecular flexibility index (Phi) is 4.12. The number of carbonyl (C=O) groups is 1. The summed E-state index contributed by atoms with van der Waals surface area (Å²) < 4.78 is 52.8. The second kappa shape index (κ2) is 6.12. The van der Waals surface area contributed by atoms with E-state index < -0.39 is 23.5 Å². The van der Waals surface area contributed by atoms with Crippen molar-refractivity contribution in [3.05, 3.63) is 71.2 Å². The number of aromatic nitrogens is 1. The number of halogens is 4. The van der Waals surface area contributed by atoms with Gasteiger partial charge in [0.2, 0.25) is 0 Å². The van der Waals surface area contributed by atoms with E-state index in [0.717, 1.165) is 16.8 Å². The second-order valence-corrected chi connectivity index (χ2v) is 5.40. The SMILES string of the molecule is O=C(O)c1cc2ccc(C(F)(F)F)cc2n1NCc1ccc(F)cc1.